The molecule has 1 saturated heterocycles. The van der Waals surface area contributed by atoms with E-state index in [0.717, 1.165) is 78.7 Å². The van der Waals surface area contributed by atoms with Crippen molar-refractivity contribution in [3.63, 3.8) is 0 Å². The number of hydrogen-bond acceptors (Lipinski definition) is 5. The quantitative estimate of drug-likeness (QED) is 0.896. The first kappa shape index (κ1) is 16.5. The number of nitrogens with one attached hydrogen (secondary N) is 1. The Morgan fingerprint density at radius 2 is 2.12 bits per heavy atom. The molecular formula is C19H25N3O3. The highest BCUT2D eigenvalue weighted by Gasteiger charge is 2.27. The van der Waals surface area contributed by atoms with Crippen molar-refractivity contribution in [2.75, 3.05) is 18.4 Å². The number of fused-ring (bicyclic) bond motifs is 2. The smallest absolute Gasteiger partial charge is 0.238 e. The van der Waals surface area contributed by atoms with Crippen LogP contribution in [-0.2, 0) is 17.6 Å². The van der Waals surface area contributed by atoms with Gasteiger partial charge in [-0.05, 0) is 57.9 Å². The number of aliphatic hydroxyl groups is 1. The Hall–Kier alpha value is -1.92. The minimum Gasteiger partial charge on any atom is -0.443 e. The van der Waals surface area contributed by atoms with Gasteiger partial charge in [0, 0.05) is 17.8 Å². The lowest BCUT2D eigenvalue weighted by molar-refractivity contribution is -0.119. The number of hydrogen-bond donors (Lipinski definition) is 2. The van der Waals surface area contributed by atoms with E-state index in [9.17, 15) is 9.90 Å². The minimum atomic E-state index is -0.505. The second-order valence-electron chi connectivity index (χ2n) is 7.22. The van der Waals surface area contributed by atoms with Crippen LogP contribution < -0.4 is 5.32 Å². The Morgan fingerprint density at radius 1 is 1.32 bits per heavy atom. The minimum absolute atomic E-state index is 0.0838. The largest absolute Gasteiger partial charge is 0.443 e. The number of amides is 1. The van der Waals surface area contributed by atoms with Gasteiger partial charge in [0.15, 0.2) is 0 Å². The molecule has 1 fully saturated rings. The number of carbonyl (C=O) groups is 1. The molecule has 1 unspecified atom stereocenters. The van der Waals surface area contributed by atoms with Crippen molar-refractivity contribution in [3.05, 3.63) is 22.6 Å². The second kappa shape index (κ2) is 6.42. The van der Waals surface area contributed by atoms with Crippen LogP contribution in [0, 0.1) is 13.8 Å². The molecule has 2 aliphatic rings. The molecule has 6 heteroatoms. The Kier molecular flexibility index (Phi) is 4.25. The van der Waals surface area contributed by atoms with Gasteiger partial charge in [0.2, 0.25) is 11.6 Å². The number of nitrogens with zero attached hydrogens (tertiary/aromatic N) is 2. The summed E-state index contributed by atoms with van der Waals surface area (Å²) in [5.41, 5.74) is 4.72. The molecule has 1 amide bonds. The van der Waals surface area contributed by atoms with Gasteiger partial charge in [-0.3, -0.25) is 9.69 Å². The van der Waals surface area contributed by atoms with E-state index in [1.54, 1.807) is 0 Å². The van der Waals surface area contributed by atoms with E-state index in [1.807, 2.05) is 18.7 Å². The Morgan fingerprint density at radius 3 is 2.88 bits per heavy atom. The van der Waals surface area contributed by atoms with Crippen molar-refractivity contribution >= 4 is 22.7 Å². The number of aliphatic hydroxyl groups excluding tert-OH is 1. The van der Waals surface area contributed by atoms with E-state index < -0.39 is 6.23 Å². The summed E-state index contributed by atoms with van der Waals surface area (Å²) in [7, 11) is 0. The molecule has 0 bridgehead atoms. The third kappa shape index (κ3) is 2.93. The maximum atomic E-state index is 12.6. The summed E-state index contributed by atoms with van der Waals surface area (Å²) in [6.07, 6.45) is 5.27. The van der Waals surface area contributed by atoms with Crippen LogP contribution in [0.25, 0.3) is 11.1 Å². The molecule has 0 aromatic carbocycles. The summed E-state index contributed by atoms with van der Waals surface area (Å²) < 4.78 is 5.82. The topological polar surface area (TPSA) is 78.6 Å². The van der Waals surface area contributed by atoms with Crippen molar-refractivity contribution in [3.8, 4) is 0 Å². The van der Waals surface area contributed by atoms with E-state index in [1.165, 1.54) is 0 Å². The van der Waals surface area contributed by atoms with Gasteiger partial charge in [-0.2, -0.15) is 0 Å². The first-order valence-electron chi connectivity index (χ1n) is 9.18. The number of likely N-dealkylation sites (tertiary alicyclic amines) is 1. The maximum Gasteiger partial charge on any atom is 0.238 e. The molecular weight excluding hydrogens is 318 g/mol. The molecule has 0 radical (unpaired) electrons. The fourth-order valence-corrected chi connectivity index (χ4v) is 4.03. The first-order chi connectivity index (χ1) is 12.0. The monoisotopic (exact) mass is 343 g/mol. The normalized spacial score (nSPS) is 20.8. The fourth-order valence-electron chi connectivity index (χ4n) is 4.03. The number of aryl methyl sites for hydroxylation is 3. The second-order valence-corrected chi connectivity index (χ2v) is 7.22. The molecule has 25 heavy (non-hydrogen) atoms. The van der Waals surface area contributed by atoms with Gasteiger partial charge in [-0.1, -0.05) is 0 Å². The summed E-state index contributed by atoms with van der Waals surface area (Å²) in [6, 6.07) is 0. The average molecular weight is 343 g/mol. The Labute approximate surface area is 147 Å². The summed E-state index contributed by atoms with van der Waals surface area (Å²) >= 11 is 0. The number of furan rings is 1. The lowest BCUT2D eigenvalue weighted by atomic mass is 9.93. The first-order valence-corrected chi connectivity index (χ1v) is 9.18. The lowest BCUT2D eigenvalue weighted by Crippen LogP contribution is -2.36. The van der Waals surface area contributed by atoms with Gasteiger partial charge >= 0.3 is 0 Å². The van der Waals surface area contributed by atoms with Gasteiger partial charge in [-0.25, -0.2) is 4.98 Å². The lowest BCUT2D eigenvalue weighted by Gasteiger charge is -2.22. The third-order valence-electron chi connectivity index (χ3n) is 5.53. The van der Waals surface area contributed by atoms with E-state index in [4.69, 9.17) is 9.40 Å². The standard InChI is InChI=1S/C19H25N3O3/c1-11-12(2)25-19-17(11)18(13-6-3-4-7-14(13)20-19)21-15(23)10-22-9-5-8-16(22)24/h16,24H,3-10H2,1-2H3,(H,20,21,23). The SMILES string of the molecule is Cc1oc2nc3c(c(NC(=O)CN4CCCC4O)c2c1C)CCCC3. The van der Waals surface area contributed by atoms with Gasteiger partial charge in [0.05, 0.1) is 17.6 Å². The van der Waals surface area contributed by atoms with Crippen LogP contribution in [0.2, 0.25) is 0 Å². The van der Waals surface area contributed by atoms with E-state index in [2.05, 4.69) is 5.32 Å². The number of pyridine rings is 1. The predicted molar refractivity (Wildman–Crippen MR) is 95.6 cm³/mol. The summed E-state index contributed by atoms with van der Waals surface area (Å²) in [4.78, 5) is 19.2. The Balaban J connectivity index is 1.70. The molecule has 4 rings (SSSR count). The Bertz CT molecular complexity index is 827. The molecule has 6 nitrogen and oxygen atoms in total. The number of carbonyl (C=O) groups excluding carboxylic acids is 1. The van der Waals surface area contributed by atoms with E-state index >= 15 is 0 Å². The molecule has 2 aromatic heterocycles. The van der Waals surface area contributed by atoms with Gasteiger partial charge in [0.25, 0.3) is 0 Å². The van der Waals surface area contributed by atoms with Crippen LogP contribution in [0.5, 0.6) is 0 Å². The van der Waals surface area contributed by atoms with Crippen molar-refractivity contribution < 1.29 is 14.3 Å². The van der Waals surface area contributed by atoms with Crippen molar-refractivity contribution in [1.29, 1.82) is 0 Å². The average Bonchev–Trinajstić information content (AvgIpc) is 3.11. The van der Waals surface area contributed by atoms with Crippen LogP contribution >= 0.6 is 0 Å². The highest BCUT2D eigenvalue weighted by Crippen LogP contribution is 2.37. The van der Waals surface area contributed by atoms with Crippen LogP contribution in [-0.4, -0.2) is 40.2 Å². The maximum absolute atomic E-state index is 12.6. The molecule has 0 spiro atoms. The molecule has 134 valence electrons. The van der Waals surface area contributed by atoms with Crippen LogP contribution in [0.4, 0.5) is 5.69 Å². The highest BCUT2D eigenvalue weighted by atomic mass is 16.3. The zero-order valence-electron chi connectivity index (χ0n) is 14.9. The highest BCUT2D eigenvalue weighted by molar-refractivity contribution is 6.03. The summed E-state index contributed by atoms with van der Waals surface area (Å²) in [6.45, 7) is 4.93. The van der Waals surface area contributed by atoms with Crippen molar-refractivity contribution in [2.45, 2.75) is 58.6 Å². The molecule has 2 N–H and O–H groups in total. The summed E-state index contributed by atoms with van der Waals surface area (Å²) in [5.74, 6) is 0.759. The molecule has 2 aromatic rings. The third-order valence-corrected chi connectivity index (χ3v) is 5.53. The zero-order chi connectivity index (χ0) is 17.6. The molecule has 3 heterocycles. The van der Waals surface area contributed by atoms with Crippen molar-refractivity contribution in [2.24, 2.45) is 0 Å². The van der Waals surface area contributed by atoms with E-state index in [0.29, 0.717) is 5.71 Å². The number of anilines is 1. The molecule has 1 atom stereocenters. The molecule has 0 saturated carbocycles. The number of aromatic nitrogens is 1. The molecule has 1 aliphatic heterocycles. The van der Waals surface area contributed by atoms with Gasteiger partial charge in [0.1, 0.15) is 12.0 Å². The van der Waals surface area contributed by atoms with E-state index in [-0.39, 0.29) is 12.5 Å². The van der Waals surface area contributed by atoms with Crippen LogP contribution in [0.1, 0.15) is 48.3 Å². The van der Waals surface area contributed by atoms with Crippen LogP contribution in [0.3, 0.4) is 0 Å². The molecule has 1 aliphatic carbocycles. The van der Waals surface area contributed by atoms with Crippen LogP contribution in [0.15, 0.2) is 4.42 Å². The van der Waals surface area contributed by atoms with Crippen molar-refractivity contribution in [1.82, 2.24) is 9.88 Å². The summed E-state index contributed by atoms with van der Waals surface area (Å²) in [5, 5.41) is 14.0. The number of rotatable bonds is 3. The zero-order valence-corrected chi connectivity index (χ0v) is 14.9. The fraction of sp³-hybridized carbons (Fsp3) is 0.579. The van der Waals surface area contributed by atoms with Gasteiger partial charge < -0.3 is 14.8 Å². The predicted octanol–water partition coefficient (Wildman–Crippen LogP) is 2.68. The van der Waals surface area contributed by atoms with Gasteiger partial charge in [-0.15, -0.1) is 0 Å².